The number of benzene rings is 2. The molecule has 2 aromatic carbocycles. The molecule has 0 aromatic heterocycles. The highest BCUT2D eigenvalue weighted by Crippen LogP contribution is 2.31. The number of esters is 4. The molecule has 34 heavy (non-hydrogen) atoms. The van der Waals surface area contributed by atoms with Crippen LogP contribution < -0.4 is 18.9 Å². The first-order valence-corrected chi connectivity index (χ1v) is 10.2. The topological polar surface area (TPSA) is 126 Å². The van der Waals surface area contributed by atoms with Crippen LogP contribution in [-0.4, -0.2) is 34.7 Å². The number of rotatable bonds is 8. The lowest BCUT2D eigenvalue weighted by molar-refractivity contribution is -0.134. The molecule has 0 atom stereocenters. The van der Waals surface area contributed by atoms with Gasteiger partial charge in [0.1, 0.15) is 0 Å². The van der Waals surface area contributed by atoms with Crippen LogP contribution in [0.15, 0.2) is 36.4 Å². The summed E-state index contributed by atoms with van der Waals surface area (Å²) in [7, 11) is 0. The average Bonchev–Trinajstić information content (AvgIpc) is 2.69. The second-order valence-electron chi connectivity index (χ2n) is 7.31. The molecule has 10 nitrogen and oxygen atoms in total. The largest absolute Gasteiger partial charge is 0.423 e. The molecule has 0 heterocycles. The number of hydrogen-bond donors (Lipinski definition) is 0. The molecular formula is C24H25NO9. The second kappa shape index (κ2) is 11.6. The molecule has 0 unspecified atom stereocenters. The second-order valence-corrected chi connectivity index (χ2v) is 7.31. The zero-order valence-electron chi connectivity index (χ0n) is 19.5. The number of nitrogens with zero attached hydrogens (tertiary/aromatic N) is 1. The minimum Gasteiger partial charge on any atom is -0.423 e. The van der Waals surface area contributed by atoms with Gasteiger partial charge in [0.05, 0.1) is 0 Å². The Bertz CT molecular complexity index is 1040. The fourth-order valence-corrected chi connectivity index (χ4v) is 2.97. The maximum atomic E-state index is 12.3. The third-order valence-electron chi connectivity index (χ3n) is 4.22. The first kappa shape index (κ1) is 26.0. The molecule has 0 saturated heterocycles. The van der Waals surface area contributed by atoms with Crippen LogP contribution in [0.25, 0.3) is 0 Å². The van der Waals surface area contributed by atoms with Gasteiger partial charge in [0.25, 0.3) is 0 Å². The molecule has 0 bridgehead atoms. The summed E-state index contributed by atoms with van der Waals surface area (Å²) in [5.74, 6) is -2.35. The van der Waals surface area contributed by atoms with Crippen molar-refractivity contribution in [3.05, 3.63) is 47.5 Å². The predicted octanol–water partition coefficient (Wildman–Crippen LogP) is 2.94. The van der Waals surface area contributed by atoms with Crippen LogP contribution in [0.3, 0.4) is 0 Å². The van der Waals surface area contributed by atoms with Crippen LogP contribution in [-0.2, 0) is 37.1 Å². The Morgan fingerprint density at radius 2 is 0.882 bits per heavy atom. The van der Waals surface area contributed by atoms with E-state index in [9.17, 15) is 24.0 Å². The average molecular weight is 471 g/mol. The number of ether oxygens (including phenoxy) is 4. The Kier molecular flexibility index (Phi) is 8.88. The molecule has 1 amide bonds. The van der Waals surface area contributed by atoms with E-state index in [1.54, 1.807) is 12.1 Å². The molecule has 2 rings (SSSR count). The van der Waals surface area contributed by atoms with E-state index in [0.29, 0.717) is 11.1 Å². The molecule has 2 aromatic rings. The van der Waals surface area contributed by atoms with Crippen molar-refractivity contribution in [1.82, 2.24) is 4.90 Å². The minimum absolute atomic E-state index is 0.0478. The van der Waals surface area contributed by atoms with E-state index in [0.717, 1.165) is 0 Å². The molecule has 0 N–H and O–H groups in total. The maximum Gasteiger partial charge on any atom is 0.308 e. The third kappa shape index (κ3) is 8.05. The van der Waals surface area contributed by atoms with Crippen LogP contribution in [0.1, 0.15) is 45.7 Å². The summed E-state index contributed by atoms with van der Waals surface area (Å²) >= 11 is 0. The van der Waals surface area contributed by atoms with Gasteiger partial charge in [-0.15, -0.1) is 0 Å². The smallest absolute Gasteiger partial charge is 0.308 e. The summed E-state index contributed by atoms with van der Waals surface area (Å²) in [6.45, 7) is 6.54. The lowest BCUT2D eigenvalue weighted by Gasteiger charge is -2.22. The van der Waals surface area contributed by atoms with Crippen molar-refractivity contribution in [2.24, 2.45) is 0 Å². The van der Waals surface area contributed by atoms with Gasteiger partial charge in [0, 0.05) is 47.7 Å². The molecule has 10 heteroatoms. The number of carbonyl (C=O) groups is 5. The molecule has 0 aliphatic carbocycles. The first-order chi connectivity index (χ1) is 15.9. The van der Waals surface area contributed by atoms with Crippen molar-refractivity contribution < 1.29 is 42.9 Å². The van der Waals surface area contributed by atoms with Crippen molar-refractivity contribution in [3.63, 3.8) is 0 Å². The van der Waals surface area contributed by atoms with Crippen LogP contribution in [0, 0.1) is 0 Å². The molecule has 0 aliphatic rings. The Balaban J connectivity index is 2.31. The quantitative estimate of drug-likeness (QED) is 0.422. The van der Waals surface area contributed by atoms with Crippen molar-refractivity contribution in [2.45, 2.75) is 47.7 Å². The lowest BCUT2D eigenvalue weighted by Crippen LogP contribution is -2.27. The fourth-order valence-electron chi connectivity index (χ4n) is 2.97. The van der Waals surface area contributed by atoms with Gasteiger partial charge in [-0.05, 0) is 35.4 Å². The van der Waals surface area contributed by atoms with E-state index in [-0.39, 0.29) is 42.0 Å². The van der Waals surface area contributed by atoms with Gasteiger partial charge >= 0.3 is 23.9 Å². The summed E-state index contributed by atoms with van der Waals surface area (Å²) in [6.07, 6.45) is 0. The van der Waals surface area contributed by atoms with E-state index >= 15 is 0 Å². The normalized spacial score (nSPS) is 10.1. The Morgan fingerprint density at radius 1 is 0.559 bits per heavy atom. The summed E-state index contributed by atoms with van der Waals surface area (Å²) in [6, 6.07) is 9.22. The van der Waals surface area contributed by atoms with Gasteiger partial charge in [0.15, 0.2) is 23.0 Å². The van der Waals surface area contributed by atoms with Crippen LogP contribution in [0.5, 0.6) is 23.0 Å². The maximum absolute atomic E-state index is 12.3. The Hall–Kier alpha value is -4.21. The molecule has 180 valence electrons. The van der Waals surface area contributed by atoms with E-state index < -0.39 is 23.9 Å². The van der Waals surface area contributed by atoms with Gasteiger partial charge in [0.2, 0.25) is 5.91 Å². The predicted molar refractivity (Wildman–Crippen MR) is 118 cm³/mol. The third-order valence-corrected chi connectivity index (χ3v) is 4.22. The first-order valence-electron chi connectivity index (χ1n) is 10.2. The van der Waals surface area contributed by atoms with Crippen molar-refractivity contribution in [1.29, 1.82) is 0 Å². The highest BCUT2D eigenvalue weighted by atomic mass is 16.6. The monoisotopic (exact) mass is 471 g/mol. The number of carbonyl (C=O) groups excluding carboxylic acids is 5. The van der Waals surface area contributed by atoms with E-state index in [4.69, 9.17) is 18.9 Å². The summed E-state index contributed by atoms with van der Waals surface area (Å²) < 4.78 is 20.4. The van der Waals surface area contributed by atoms with E-state index in [1.165, 1.54) is 63.8 Å². The zero-order valence-corrected chi connectivity index (χ0v) is 19.5. The number of amides is 1. The SMILES string of the molecule is CC(=O)Oc1ccc(CN(Cc2ccc(OC(C)=O)c(OC(C)=O)c2)C(C)=O)cc1OC(C)=O. The van der Waals surface area contributed by atoms with Crippen LogP contribution in [0.4, 0.5) is 0 Å². The van der Waals surface area contributed by atoms with Gasteiger partial charge < -0.3 is 23.8 Å². The Morgan fingerprint density at radius 3 is 1.18 bits per heavy atom. The number of hydrogen-bond acceptors (Lipinski definition) is 9. The highest BCUT2D eigenvalue weighted by Gasteiger charge is 2.17. The van der Waals surface area contributed by atoms with Gasteiger partial charge in [-0.3, -0.25) is 24.0 Å². The molecule has 0 aliphatic heterocycles. The standard InChI is InChI=1S/C24H25NO9/c1-14(26)25(12-19-6-8-21(31-15(2)27)23(10-19)33-17(4)29)13-20-7-9-22(32-16(3)28)24(11-20)34-18(5)30/h6-11H,12-13H2,1-5H3. The zero-order chi connectivity index (χ0) is 25.4. The molecule has 0 radical (unpaired) electrons. The molecular weight excluding hydrogens is 446 g/mol. The summed E-state index contributed by atoms with van der Waals surface area (Å²) in [5.41, 5.74) is 1.22. The van der Waals surface area contributed by atoms with Crippen molar-refractivity contribution >= 4 is 29.8 Å². The molecule has 0 saturated carbocycles. The van der Waals surface area contributed by atoms with Crippen molar-refractivity contribution in [3.8, 4) is 23.0 Å². The molecule has 0 fully saturated rings. The van der Waals surface area contributed by atoms with Gasteiger partial charge in [-0.25, -0.2) is 0 Å². The van der Waals surface area contributed by atoms with Gasteiger partial charge in [-0.2, -0.15) is 0 Å². The summed E-state index contributed by atoms with van der Waals surface area (Å²) in [4.78, 5) is 59.3. The van der Waals surface area contributed by atoms with Gasteiger partial charge in [-0.1, -0.05) is 12.1 Å². The molecule has 0 spiro atoms. The Labute approximate surface area is 196 Å². The van der Waals surface area contributed by atoms with Crippen LogP contribution >= 0.6 is 0 Å². The lowest BCUT2D eigenvalue weighted by atomic mass is 10.1. The van der Waals surface area contributed by atoms with Crippen LogP contribution in [0.2, 0.25) is 0 Å². The van der Waals surface area contributed by atoms with Crippen molar-refractivity contribution in [2.75, 3.05) is 0 Å². The fraction of sp³-hybridized carbons (Fsp3) is 0.292. The highest BCUT2D eigenvalue weighted by molar-refractivity contribution is 5.75. The minimum atomic E-state index is -0.597. The summed E-state index contributed by atoms with van der Waals surface area (Å²) in [5, 5.41) is 0. The van der Waals surface area contributed by atoms with E-state index in [1.807, 2.05) is 0 Å². The van der Waals surface area contributed by atoms with E-state index in [2.05, 4.69) is 0 Å².